The van der Waals surface area contributed by atoms with Gasteiger partial charge in [0, 0.05) is 50.5 Å². The van der Waals surface area contributed by atoms with Crippen molar-refractivity contribution in [2.75, 3.05) is 33.4 Å². The van der Waals surface area contributed by atoms with Crippen LogP contribution in [0.3, 0.4) is 0 Å². The van der Waals surface area contributed by atoms with Crippen molar-refractivity contribution < 1.29 is 29.0 Å². The van der Waals surface area contributed by atoms with E-state index in [1.165, 1.54) is 22.7 Å². The van der Waals surface area contributed by atoms with Crippen molar-refractivity contribution in [2.45, 2.75) is 30.2 Å². The SMILES string of the molecule is CSc1ccc(C=CC(=O)N2CCC(C(=O)NC(Cc3ccc(OC(=O)N(C)C)cc3)C(=O)O)CC2)c(Cl)c1Cl. The number of amides is 3. The molecular weight excluding hydrogens is 577 g/mol. The number of hydrogen-bond acceptors (Lipinski definition) is 6. The van der Waals surface area contributed by atoms with Gasteiger partial charge in [-0.25, -0.2) is 9.59 Å². The first-order valence-electron chi connectivity index (χ1n) is 12.5. The maximum absolute atomic E-state index is 12.9. The summed E-state index contributed by atoms with van der Waals surface area (Å²) in [5.74, 6) is -1.80. The zero-order chi connectivity index (χ0) is 29.4. The van der Waals surface area contributed by atoms with Gasteiger partial charge >= 0.3 is 12.1 Å². The zero-order valence-corrected chi connectivity index (χ0v) is 24.7. The van der Waals surface area contributed by atoms with E-state index in [4.69, 9.17) is 27.9 Å². The van der Waals surface area contributed by atoms with Crippen LogP contribution in [0.2, 0.25) is 10.0 Å². The number of halogens is 2. The Balaban J connectivity index is 1.52. The number of nitrogens with one attached hydrogen (secondary N) is 1. The van der Waals surface area contributed by atoms with Crippen LogP contribution in [0.4, 0.5) is 4.79 Å². The van der Waals surface area contributed by atoms with Gasteiger partial charge in [0.25, 0.3) is 0 Å². The van der Waals surface area contributed by atoms with E-state index in [0.29, 0.717) is 52.9 Å². The average molecular weight is 609 g/mol. The Kier molecular flexibility index (Phi) is 11.3. The molecule has 1 aliphatic heterocycles. The van der Waals surface area contributed by atoms with Gasteiger partial charge in [-0.05, 0) is 54.5 Å². The summed E-state index contributed by atoms with van der Waals surface area (Å²) in [6.07, 6.45) is 5.32. The highest BCUT2D eigenvalue weighted by atomic mass is 35.5. The van der Waals surface area contributed by atoms with Crippen LogP contribution in [0.15, 0.2) is 47.4 Å². The number of benzene rings is 2. The van der Waals surface area contributed by atoms with E-state index in [1.807, 2.05) is 12.3 Å². The average Bonchev–Trinajstić information content (AvgIpc) is 2.94. The Morgan fingerprint density at radius 2 is 1.75 bits per heavy atom. The largest absolute Gasteiger partial charge is 0.480 e. The van der Waals surface area contributed by atoms with Gasteiger partial charge < -0.3 is 25.0 Å². The van der Waals surface area contributed by atoms with Gasteiger partial charge in [0.15, 0.2) is 0 Å². The summed E-state index contributed by atoms with van der Waals surface area (Å²) >= 11 is 14.1. The Bertz CT molecular complexity index is 1280. The van der Waals surface area contributed by atoms with Gasteiger partial charge in [0.2, 0.25) is 11.8 Å². The third kappa shape index (κ3) is 8.39. The minimum absolute atomic E-state index is 0.0651. The van der Waals surface area contributed by atoms with E-state index in [1.54, 1.807) is 55.4 Å². The molecule has 3 rings (SSSR count). The number of ether oxygens (including phenoxy) is 1. The standard InChI is InChI=1S/C28H31Cl2N3O6S/c1-32(2)28(38)39-20-8-4-17(5-9-20)16-21(27(36)37)31-26(35)19-12-14-33(15-13-19)23(34)11-7-18-6-10-22(40-3)25(30)24(18)29/h4-11,19,21H,12-16H2,1-3H3,(H,31,35)(H,36,37). The van der Waals surface area contributed by atoms with Gasteiger partial charge in [-0.2, -0.15) is 0 Å². The van der Waals surface area contributed by atoms with Crippen LogP contribution in [0.1, 0.15) is 24.0 Å². The molecular formula is C28H31Cl2N3O6S. The Morgan fingerprint density at radius 1 is 1.10 bits per heavy atom. The van der Waals surface area contributed by atoms with Crippen molar-refractivity contribution in [3.63, 3.8) is 0 Å². The van der Waals surface area contributed by atoms with Crippen LogP contribution in [0.5, 0.6) is 5.75 Å². The molecule has 0 aromatic heterocycles. The van der Waals surface area contributed by atoms with Gasteiger partial charge in [-0.1, -0.05) is 41.4 Å². The molecule has 0 saturated carbocycles. The molecule has 12 heteroatoms. The molecule has 214 valence electrons. The Morgan fingerprint density at radius 3 is 2.33 bits per heavy atom. The maximum Gasteiger partial charge on any atom is 0.414 e. The predicted octanol–water partition coefficient (Wildman–Crippen LogP) is 4.84. The Labute approximate surface area is 247 Å². The maximum atomic E-state index is 12.9. The number of nitrogens with zero attached hydrogens (tertiary/aromatic N) is 2. The minimum Gasteiger partial charge on any atom is -0.480 e. The lowest BCUT2D eigenvalue weighted by atomic mass is 9.95. The quantitative estimate of drug-likeness (QED) is 0.309. The lowest BCUT2D eigenvalue weighted by Gasteiger charge is -2.31. The first-order valence-corrected chi connectivity index (χ1v) is 14.5. The first-order chi connectivity index (χ1) is 19.0. The molecule has 0 aliphatic carbocycles. The van der Waals surface area contributed by atoms with Crippen molar-refractivity contribution >= 4 is 64.9 Å². The number of thioether (sulfide) groups is 1. The predicted molar refractivity (Wildman–Crippen MR) is 156 cm³/mol. The van der Waals surface area contributed by atoms with Crippen LogP contribution in [-0.4, -0.2) is 78.3 Å². The zero-order valence-electron chi connectivity index (χ0n) is 22.4. The number of aliphatic carboxylic acids is 1. The van der Waals surface area contributed by atoms with E-state index in [-0.39, 0.29) is 18.2 Å². The van der Waals surface area contributed by atoms with Crippen molar-refractivity contribution in [3.05, 3.63) is 63.6 Å². The second-order valence-corrected chi connectivity index (χ2v) is 11.0. The number of hydrogen-bond donors (Lipinski definition) is 2. The lowest BCUT2D eigenvalue weighted by molar-refractivity contribution is -0.142. The molecule has 40 heavy (non-hydrogen) atoms. The fourth-order valence-electron chi connectivity index (χ4n) is 4.07. The van der Waals surface area contributed by atoms with Crippen molar-refractivity contribution in [1.82, 2.24) is 15.1 Å². The summed E-state index contributed by atoms with van der Waals surface area (Å²) in [5, 5.41) is 13.1. The third-order valence-corrected chi connectivity index (χ3v) is 8.22. The molecule has 1 heterocycles. The molecule has 0 spiro atoms. The molecule has 2 aromatic carbocycles. The number of likely N-dealkylation sites (tertiary alicyclic amines) is 1. The molecule has 1 saturated heterocycles. The van der Waals surface area contributed by atoms with Gasteiger partial charge in [-0.15, -0.1) is 11.8 Å². The monoisotopic (exact) mass is 607 g/mol. The Hall–Kier alpha value is -3.21. The van der Waals surface area contributed by atoms with Crippen molar-refractivity contribution in [2.24, 2.45) is 5.92 Å². The molecule has 0 bridgehead atoms. The molecule has 0 radical (unpaired) electrons. The number of carboxylic acids is 1. The highest BCUT2D eigenvalue weighted by Crippen LogP contribution is 2.35. The van der Waals surface area contributed by atoms with Crippen LogP contribution >= 0.6 is 35.0 Å². The number of carbonyl (C=O) groups is 4. The number of rotatable bonds is 9. The summed E-state index contributed by atoms with van der Waals surface area (Å²) in [6.45, 7) is 0.734. The van der Waals surface area contributed by atoms with E-state index < -0.39 is 24.0 Å². The fraction of sp³-hybridized carbons (Fsp3) is 0.357. The summed E-state index contributed by atoms with van der Waals surface area (Å²) in [5.41, 5.74) is 1.30. The molecule has 9 nitrogen and oxygen atoms in total. The highest BCUT2D eigenvalue weighted by molar-refractivity contribution is 7.98. The van der Waals surface area contributed by atoms with Crippen LogP contribution in [-0.2, 0) is 20.8 Å². The first kappa shape index (κ1) is 31.3. The molecule has 1 atom stereocenters. The second-order valence-electron chi connectivity index (χ2n) is 9.43. The summed E-state index contributed by atoms with van der Waals surface area (Å²) in [7, 11) is 3.13. The van der Waals surface area contributed by atoms with Gasteiger partial charge in [0.05, 0.1) is 10.0 Å². The van der Waals surface area contributed by atoms with Crippen LogP contribution in [0.25, 0.3) is 6.08 Å². The molecule has 1 fully saturated rings. The van der Waals surface area contributed by atoms with Gasteiger partial charge in [-0.3, -0.25) is 9.59 Å². The fourth-order valence-corrected chi connectivity index (χ4v) is 5.25. The van der Waals surface area contributed by atoms with E-state index in [0.717, 1.165) is 4.90 Å². The topological polar surface area (TPSA) is 116 Å². The minimum atomic E-state index is -1.15. The molecule has 2 N–H and O–H groups in total. The van der Waals surface area contributed by atoms with Crippen LogP contribution < -0.4 is 10.1 Å². The number of carbonyl (C=O) groups excluding carboxylic acids is 3. The summed E-state index contributed by atoms with van der Waals surface area (Å²) in [6, 6.07) is 8.95. The molecule has 2 aromatic rings. The molecule has 3 amide bonds. The summed E-state index contributed by atoms with van der Waals surface area (Å²) in [4.78, 5) is 52.9. The van der Waals surface area contributed by atoms with Crippen molar-refractivity contribution in [3.8, 4) is 5.75 Å². The van der Waals surface area contributed by atoms with E-state index >= 15 is 0 Å². The van der Waals surface area contributed by atoms with Crippen LogP contribution in [0, 0.1) is 5.92 Å². The number of carboxylic acid groups (broad SMARTS) is 1. The molecule has 1 aliphatic rings. The smallest absolute Gasteiger partial charge is 0.414 e. The highest BCUT2D eigenvalue weighted by Gasteiger charge is 2.30. The summed E-state index contributed by atoms with van der Waals surface area (Å²) < 4.78 is 5.17. The number of piperidine rings is 1. The van der Waals surface area contributed by atoms with E-state index in [9.17, 15) is 24.3 Å². The molecule has 1 unspecified atom stereocenters. The van der Waals surface area contributed by atoms with E-state index in [2.05, 4.69) is 5.32 Å². The lowest BCUT2D eigenvalue weighted by Crippen LogP contribution is -2.48. The second kappa shape index (κ2) is 14.4. The normalized spacial score (nSPS) is 14.6. The van der Waals surface area contributed by atoms with Crippen molar-refractivity contribution in [1.29, 1.82) is 0 Å². The van der Waals surface area contributed by atoms with Gasteiger partial charge in [0.1, 0.15) is 11.8 Å². The third-order valence-electron chi connectivity index (χ3n) is 6.43.